The van der Waals surface area contributed by atoms with E-state index in [1.165, 1.54) is 6.42 Å². The van der Waals surface area contributed by atoms with Crippen molar-refractivity contribution in [3.63, 3.8) is 0 Å². The van der Waals surface area contributed by atoms with Crippen LogP contribution in [0.25, 0.3) is 0 Å². The first-order chi connectivity index (χ1) is 8.15. The minimum Gasteiger partial charge on any atom is -0.383 e. The van der Waals surface area contributed by atoms with Crippen molar-refractivity contribution in [2.75, 3.05) is 54.0 Å². The molecule has 1 unspecified atom stereocenters. The number of methoxy groups -OCH3 is 1. The molecule has 0 radical (unpaired) electrons. The zero-order valence-electron chi connectivity index (χ0n) is 12.1. The number of ether oxygens (including phenoxy) is 1. The van der Waals surface area contributed by atoms with E-state index in [4.69, 9.17) is 10.5 Å². The summed E-state index contributed by atoms with van der Waals surface area (Å²) in [6.45, 7) is 7.19. The first-order valence-corrected chi connectivity index (χ1v) is 6.73. The fourth-order valence-electron chi connectivity index (χ4n) is 2.11. The van der Waals surface area contributed by atoms with Crippen LogP contribution < -0.4 is 5.73 Å². The van der Waals surface area contributed by atoms with Crippen molar-refractivity contribution >= 4 is 0 Å². The summed E-state index contributed by atoms with van der Waals surface area (Å²) in [5.74, 6) is 0. The predicted octanol–water partition coefficient (Wildman–Crippen LogP) is 1.01. The third-order valence-corrected chi connectivity index (χ3v) is 3.07. The zero-order valence-corrected chi connectivity index (χ0v) is 12.1. The Morgan fingerprint density at radius 1 is 1.18 bits per heavy atom. The van der Waals surface area contributed by atoms with E-state index in [-0.39, 0.29) is 0 Å². The minimum absolute atomic E-state index is 0.524. The number of hydrogen-bond acceptors (Lipinski definition) is 4. The molecule has 0 fully saturated rings. The molecule has 0 saturated heterocycles. The van der Waals surface area contributed by atoms with Gasteiger partial charge in [-0.2, -0.15) is 0 Å². The Labute approximate surface area is 107 Å². The monoisotopic (exact) mass is 245 g/mol. The van der Waals surface area contributed by atoms with Crippen molar-refractivity contribution < 1.29 is 4.74 Å². The van der Waals surface area contributed by atoms with Crippen molar-refractivity contribution in [3.05, 3.63) is 0 Å². The summed E-state index contributed by atoms with van der Waals surface area (Å²) in [4.78, 5) is 4.75. The Bertz CT molecular complexity index is 165. The predicted molar refractivity (Wildman–Crippen MR) is 74.4 cm³/mol. The van der Waals surface area contributed by atoms with Gasteiger partial charge < -0.3 is 15.4 Å². The van der Waals surface area contributed by atoms with E-state index in [0.717, 1.165) is 45.6 Å². The highest BCUT2D eigenvalue weighted by Crippen LogP contribution is 2.08. The molecule has 104 valence electrons. The second-order valence-electron chi connectivity index (χ2n) is 4.83. The molecule has 0 aromatic carbocycles. The molecule has 0 heterocycles. The lowest BCUT2D eigenvalue weighted by atomic mass is 10.1. The van der Waals surface area contributed by atoms with Gasteiger partial charge >= 0.3 is 0 Å². The van der Waals surface area contributed by atoms with Gasteiger partial charge in [-0.25, -0.2) is 0 Å². The molecule has 0 aliphatic rings. The van der Waals surface area contributed by atoms with Gasteiger partial charge in [-0.15, -0.1) is 0 Å². The number of hydrogen-bond donors (Lipinski definition) is 1. The van der Waals surface area contributed by atoms with Gasteiger partial charge in [-0.05, 0) is 59.5 Å². The molecule has 0 bridgehead atoms. The lowest BCUT2D eigenvalue weighted by molar-refractivity contribution is 0.0850. The molecule has 2 N–H and O–H groups in total. The highest BCUT2D eigenvalue weighted by molar-refractivity contribution is 4.71. The van der Waals surface area contributed by atoms with Crippen LogP contribution in [-0.2, 0) is 4.74 Å². The molecule has 0 rings (SSSR count). The quantitative estimate of drug-likeness (QED) is 0.590. The molecular weight excluding hydrogens is 214 g/mol. The van der Waals surface area contributed by atoms with Gasteiger partial charge in [0.2, 0.25) is 0 Å². The highest BCUT2D eigenvalue weighted by atomic mass is 16.5. The molecule has 4 nitrogen and oxygen atoms in total. The molecule has 1 atom stereocenters. The molecule has 0 aliphatic carbocycles. The highest BCUT2D eigenvalue weighted by Gasteiger charge is 2.15. The summed E-state index contributed by atoms with van der Waals surface area (Å²) in [6.07, 6.45) is 3.43. The van der Waals surface area contributed by atoms with Crippen molar-refractivity contribution in [2.45, 2.75) is 32.2 Å². The number of rotatable bonds is 11. The first-order valence-electron chi connectivity index (χ1n) is 6.73. The van der Waals surface area contributed by atoms with E-state index in [0.29, 0.717) is 6.04 Å². The van der Waals surface area contributed by atoms with Crippen molar-refractivity contribution in [2.24, 2.45) is 5.73 Å². The topological polar surface area (TPSA) is 41.7 Å². The lowest BCUT2D eigenvalue weighted by Crippen LogP contribution is -2.40. The molecule has 0 saturated carbocycles. The van der Waals surface area contributed by atoms with Gasteiger partial charge in [0, 0.05) is 13.2 Å². The Kier molecular flexibility index (Phi) is 10.9. The molecule has 0 aromatic heterocycles. The summed E-state index contributed by atoms with van der Waals surface area (Å²) in [5.41, 5.74) is 5.59. The fraction of sp³-hybridized carbons (Fsp3) is 1.00. The van der Waals surface area contributed by atoms with Crippen LogP contribution >= 0.6 is 0 Å². The van der Waals surface area contributed by atoms with Crippen molar-refractivity contribution in [1.82, 2.24) is 9.80 Å². The van der Waals surface area contributed by atoms with E-state index >= 15 is 0 Å². The Morgan fingerprint density at radius 3 is 2.35 bits per heavy atom. The average Bonchev–Trinajstić information content (AvgIpc) is 2.30. The van der Waals surface area contributed by atoms with Gasteiger partial charge in [-0.1, -0.05) is 6.92 Å². The average molecular weight is 245 g/mol. The Balaban J connectivity index is 4.04. The van der Waals surface area contributed by atoms with Crippen LogP contribution in [0.5, 0.6) is 0 Å². The maximum atomic E-state index is 5.59. The normalized spacial score (nSPS) is 13.6. The van der Waals surface area contributed by atoms with Crippen molar-refractivity contribution in [3.8, 4) is 0 Å². The van der Waals surface area contributed by atoms with Gasteiger partial charge in [-0.3, -0.25) is 4.90 Å². The number of nitrogens with two attached hydrogens (primary N) is 1. The van der Waals surface area contributed by atoms with Crippen LogP contribution in [0.2, 0.25) is 0 Å². The van der Waals surface area contributed by atoms with Gasteiger partial charge in [0.1, 0.15) is 0 Å². The van der Waals surface area contributed by atoms with E-state index < -0.39 is 0 Å². The largest absolute Gasteiger partial charge is 0.383 e. The molecule has 17 heavy (non-hydrogen) atoms. The lowest BCUT2D eigenvalue weighted by Gasteiger charge is -2.30. The van der Waals surface area contributed by atoms with E-state index in [1.807, 2.05) is 0 Å². The third-order valence-electron chi connectivity index (χ3n) is 3.07. The van der Waals surface area contributed by atoms with Crippen LogP contribution in [0.3, 0.4) is 0 Å². The maximum absolute atomic E-state index is 5.59. The fourth-order valence-corrected chi connectivity index (χ4v) is 2.11. The summed E-state index contributed by atoms with van der Waals surface area (Å²) in [6, 6.07) is 0.524. The summed E-state index contributed by atoms with van der Waals surface area (Å²) >= 11 is 0. The van der Waals surface area contributed by atoms with E-state index in [1.54, 1.807) is 7.11 Å². The van der Waals surface area contributed by atoms with Crippen LogP contribution in [-0.4, -0.2) is 69.8 Å². The van der Waals surface area contributed by atoms with Crippen LogP contribution in [0.15, 0.2) is 0 Å². The zero-order chi connectivity index (χ0) is 13.1. The smallest absolute Gasteiger partial charge is 0.0618 e. The van der Waals surface area contributed by atoms with E-state index in [9.17, 15) is 0 Å². The number of nitrogens with zero attached hydrogens (tertiary/aromatic N) is 2. The number of likely N-dealkylation sites (N-methyl/N-ethyl adjacent to an activating group) is 1. The Morgan fingerprint density at radius 2 is 1.88 bits per heavy atom. The van der Waals surface area contributed by atoms with Gasteiger partial charge in [0.25, 0.3) is 0 Å². The van der Waals surface area contributed by atoms with Crippen LogP contribution in [0.4, 0.5) is 0 Å². The second kappa shape index (κ2) is 11.0. The standard InChI is InChI=1S/C13H31N3O/c1-5-16(11-7-10-15(2)3)13(12-17-4)8-6-9-14/h13H,5-12,14H2,1-4H3. The summed E-state index contributed by atoms with van der Waals surface area (Å²) in [7, 11) is 6.03. The van der Waals surface area contributed by atoms with Crippen molar-refractivity contribution in [1.29, 1.82) is 0 Å². The van der Waals surface area contributed by atoms with E-state index in [2.05, 4.69) is 30.8 Å². The SMILES string of the molecule is CCN(CCCN(C)C)C(CCCN)COC. The molecule has 0 aliphatic heterocycles. The van der Waals surface area contributed by atoms with Crippen LogP contribution in [0.1, 0.15) is 26.2 Å². The first kappa shape index (κ1) is 16.8. The third kappa shape index (κ3) is 8.55. The molecule has 0 amide bonds. The summed E-state index contributed by atoms with van der Waals surface area (Å²) < 4.78 is 5.32. The van der Waals surface area contributed by atoms with Gasteiger partial charge in [0.15, 0.2) is 0 Å². The molecule has 0 spiro atoms. The maximum Gasteiger partial charge on any atom is 0.0618 e. The van der Waals surface area contributed by atoms with Gasteiger partial charge in [0.05, 0.1) is 6.61 Å². The minimum atomic E-state index is 0.524. The molecular formula is C13H31N3O. The summed E-state index contributed by atoms with van der Waals surface area (Å²) in [5, 5.41) is 0. The second-order valence-corrected chi connectivity index (χ2v) is 4.83. The molecule has 0 aromatic rings. The van der Waals surface area contributed by atoms with Crippen LogP contribution in [0, 0.1) is 0 Å². The Hall–Kier alpha value is -0.160. The molecule has 4 heteroatoms.